The number of carbonyl (C=O) groups is 2. The zero-order chi connectivity index (χ0) is 25.1. The van der Waals surface area contributed by atoms with Gasteiger partial charge in [-0.1, -0.05) is 35.3 Å². The molecule has 8 heteroatoms. The van der Waals surface area contributed by atoms with E-state index >= 15 is 0 Å². The van der Waals surface area contributed by atoms with E-state index in [2.05, 4.69) is 10.3 Å². The van der Waals surface area contributed by atoms with E-state index in [0.29, 0.717) is 45.9 Å². The monoisotopic (exact) mass is 510 g/mol. The number of carbonyl (C=O) groups excluding carboxylic acids is 2. The average Bonchev–Trinajstić information content (AvgIpc) is 2.85. The quantitative estimate of drug-likeness (QED) is 0.454. The molecule has 0 bridgehead atoms. The molecule has 3 aromatic rings. The van der Waals surface area contributed by atoms with E-state index in [1.54, 1.807) is 30.5 Å². The van der Waals surface area contributed by atoms with Crippen molar-refractivity contribution in [2.45, 2.75) is 25.7 Å². The smallest absolute Gasteiger partial charge is 0.257 e. The lowest BCUT2D eigenvalue weighted by atomic mass is 9.89. The molecule has 0 atom stereocenters. The van der Waals surface area contributed by atoms with Crippen LogP contribution < -0.4 is 10.2 Å². The fourth-order valence-electron chi connectivity index (χ4n) is 4.28. The molecule has 2 heterocycles. The highest BCUT2D eigenvalue weighted by molar-refractivity contribution is 6.35. The van der Waals surface area contributed by atoms with Crippen LogP contribution in [0.1, 0.15) is 50.6 Å². The Labute approximate surface area is 215 Å². The van der Waals surface area contributed by atoms with Gasteiger partial charge in [-0.05, 0) is 73.2 Å². The summed E-state index contributed by atoms with van der Waals surface area (Å²) in [7, 11) is 3.78. The van der Waals surface area contributed by atoms with Crippen molar-refractivity contribution in [1.29, 1.82) is 0 Å². The van der Waals surface area contributed by atoms with Gasteiger partial charge in [0.25, 0.3) is 11.8 Å². The molecule has 0 saturated carbocycles. The minimum atomic E-state index is -0.267. The van der Waals surface area contributed by atoms with Crippen molar-refractivity contribution in [3.05, 3.63) is 87.0 Å². The van der Waals surface area contributed by atoms with Gasteiger partial charge in [-0.2, -0.15) is 0 Å². The number of aryl methyl sites for hydroxylation is 1. The summed E-state index contributed by atoms with van der Waals surface area (Å²) in [6.45, 7) is 3.18. The average molecular weight is 511 g/mol. The number of anilines is 2. The Morgan fingerprint density at radius 3 is 2.34 bits per heavy atom. The Balaban J connectivity index is 1.42. The summed E-state index contributed by atoms with van der Waals surface area (Å²) >= 11 is 12.4. The molecule has 4 rings (SSSR count). The summed E-state index contributed by atoms with van der Waals surface area (Å²) in [5, 5.41) is 4.22. The van der Waals surface area contributed by atoms with Crippen molar-refractivity contribution in [2.75, 3.05) is 37.4 Å². The summed E-state index contributed by atoms with van der Waals surface area (Å²) in [6.07, 6.45) is 3.21. The highest BCUT2D eigenvalue weighted by Gasteiger charge is 2.26. The van der Waals surface area contributed by atoms with E-state index in [0.717, 1.165) is 29.8 Å². The lowest BCUT2D eigenvalue weighted by Crippen LogP contribution is -2.38. The van der Waals surface area contributed by atoms with E-state index in [-0.39, 0.29) is 11.8 Å². The predicted molar refractivity (Wildman–Crippen MR) is 142 cm³/mol. The highest BCUT2D eigenvalue weighted by atomic mass is 35.5. The van der Waals surface area contributed by atoms with Gasteiger partial charge in [-0.3, -0.25) is 9.59 Å². The molecule has 0 radical (unpaired) electrons. The van der Waals surface area contributed by atoms with Crippen LogP contribution in [-0.2, 0) is 0 Å². The summed E-state index contributed by atoms with van der Waals surface area (Å²) in [5.41, 5.74) is 3.57. The molecule has 182 valence electrons. The molecular formula is C27H28Cl2N4O2. The topological polar surface area (TPSA) is 65.5 Å². The summed E-state index contributed by atoms with van der Waals surface area (Å²) in [4.78, 5) is 34.0. The Morgan fingerprint density at radius 1 is 1.00 bits per heavy atom. The largest absolute Gasteiger partial charge is 0.363 e. The fraction of sp³-hybridized carbons (Fsp3) is 0.296. The minimum absolute atomic E-state index is 0.0434. The zero-order valence-corrected chi connectivity index (χ0v) is 21.5. The number of piperidine rings is 1. The van der Waals surface area contributed by atoms with Crippen LogP contribution in [0.3, 0.4) is 0 Å². The molecule has 1 N–H and O–H groups in total. The Bertz CT molecular complexity index is 1240. The first-order valence-electron chi connectivity index (χ1n) is 11.5. The molecule has 1 fully saturated rings. The third-order valence-corrected chi connectivity index (χ3v) is 6.95. The van der Waals surface area contributed by atoms with Crippen LogP contribution in [0.15, 0.2) is 54.7 Å². The zero-order valence-electron chi connectivity index (χ0n) is 20.0. The predicted octanol–water partition coefficient (Wildman–Crippen LogP) is 6.03. The summed E-state index contributed by atoms with van der Waals surface area (Å²) in [6, 6.07) is 14.5. The van der Waals surface area contributed by atoms with Gasteiger partial charge in [0.05, 0.1) is 5.56 Å². The van der Waals surface area contributed by atoms with Gasteiger partial charge in [-0.15, -0.1) is 0 Å². The molecule has 1 aliphatic rings. The summed E-state index contributed by atoms with van der Waals surface area (Å²) < 4.78 is 0. The van der Waals surface area contributed by atoms with E-state index in [4.69, 9.17) is 23.2 Å². The van der Waals surface area contributed by atoms with E-state index < -0.39 is 0 Å². The number of nitrogens with one attached hydrogen (secondary N) is 1. The molecule has 0 aliphatic carbocycles. The lowest BCUT2D eigenvalue weighted by Gasteiger charge is -2.32. The Kier molecular flexibility index (Phi) is 7.63. The minimum Gasteiger partial charge on any atom is -0.363 e. The first-order valence-corrected chi connectivity index (χ1v) is 12.3. The van der Waals surface area contributed by atoms with Crippen LogP contribution in [-0.4, -0.2) is 48.9 Å². The van der Waals surface area contributed by atoms with E-state index in [1.807, 2.05) is 55.1 Å². The van der Waals surface area contributed by atoms with Crippen LogP contribution >= 0.6 is 23.2 Å². The Hall–Kier alpha value is -3.09. The molecule has 2 aromatic carbocycles. The maximum atomic E-state index is 13.2. The van der Waals surface area contributed by atoms with Gasteiger partial charge in [0, 0.05) is 54.7 Å². The summed E-state index contributed by atoms with van der Waals surface area (Å²) in [5.74, 6) is 0.755. The number of amides is 2. The standard InChI is InChI=1S/C27H28Cl2N4O2/c1-17-4-5-19(14-24(17)31-26(34)20-6-9-25(30-16-20)32(2)3)27(35)33-12-10-18(11-13-33)22-8-7-21(28)15-23(22)29/h4-9,14-16,18H,10-13H2,1-3H3,(H,31,34). The van der Waals surface area contributed by atoms with Gasteiger partial charge < -0.3 is 15.1 Å². The number of hydrogen-bond acceptors (Lipinski definition) is 4. The molecule has 2 amide bonds. The number of pyridine rings is 1. The third-order valence-electron chi connectivity index (χ3n) is 6.39. The molecule has 35 heavy (non-hydrogen) atoms. The SMILES string of the molecule is Cc1ccc(C(=O)N2CCC(c3ccc(Cl)cc3Cl)CC2)cc1NC(=O)c1ccc(N(C)C)nc1. The number of benzene rings is 2. The lowest BCUT2D eigenvalue weighted by molar-refractivity contribution is 0.0712. The first kappa shape index (κ1) is 25.0. The maximum Gasteiger partial charge on any atom is 0.257 e. The van der Waals surface area contributed by atoms with Gasteiger partial charge in [0.1, 0.15) is 5.82 Å². The first-order chi connectivity index (χ1) is 16.7. The molecule has 0 unspecified atom stereocenters. The number of nitrogens with zero attached hydrogens (tertiary/aromatic N) is 3. The van der Waals surface area contributed by atoms with Crippen LogP contribution in [0, 0.1) is 6.92 Å². The van der Waals surface area contributed by atoms with Crippen LogP contribution in [0.2, 0.25) is 10.0 Å². The maximum absolute atomic E-state index is 13.2. The number of aromatic nitrogens is 1. The second kappa shape index (κ2) is 10.7. The van der Waals surface area contributed by atoms with Crippen molar-refractivity contribution >= 4 is 46.5 Å². The molecule has 1 aromatic heterocycles. The number of halogens is 2. The van der Waals surface area contributed by atoms with Crippen LogP contribution in [0.4, 0.5) is 11.5 Å². The van der Waals surface area contributed by atoms with Crippen molar-refractivity contribution in [3.63, 3.8) is 0 Å². The molecule has 0 spiro atoms. The van der Waals surface area contributed by atoms with Gasteiger partial charge in [-0.25, -0.2) is 4.98 Å². The van der Waals surface area contributed by atoms with Crippen LogP contribution in [0.25, 0.3) is 0 Å². The number of hydrogen-bond donors (Lipinski definition) is 1. The molecule has 1 aliphatic heterocycles. The molecular weight excluding hydrogens is 483 g/mol. The number of rotatable bonds is 5. The number of likely N-dealkylation sites (tertiary alicyclic amines) is 1. The molecule has 6 nitrogen and oxygen atoms in total. The van der Waals surface area contributed by atoms with E-state index in [9.17, 15) is 9.59 Å². The van der Waals surface area contributed by atoms with Crippen molar-refractivity contribution < 1.29 is 9.59 Å². The van der Waals surface area contributed by atoms with E-state index in [1.165, 1.54) is 0 Å². The fourth-order valence-corrected chi connectivity index (χ4v) is 4.84. The van der Waals surface area contributed by atoms with Crippen molar-refractivity contribution in [3.8, 4) is 0 Å². The van der Waals surface area contributed by atoms with Crippen molar-refractivity contribution in [1.82, 2.24) is 9.88 Å². The van der Waals surface area contributed by atoms with Gasteiger partial charge in [0.15, 0.2) is 0 Å². The normalized spacial score (nSPS) is 14.0. The van der Waals surface area contributed by atoms with Gasteiger partial charge in [0.2, 0.25) is 0 Å². The van der Waals surface area contributed by atoms with Gasteiger partial charge >= 0.3 is 0 Å². The second-order valence-electron chi connectivity index (χ2n) is 9.02. The Morgan fingerprint density at radius 2 is 1.71 bits per heavy atom. The second-order valence-corrected chi connectivity index (χ2v) is 9.86. The van der Waals surface area contributed by atoms with Crippen LogP contribution in [0.5, 0.6) is 0 Å². The highest BCUT2D eigenvalue weighted by Crippen LogP contribution is 2.34. The third kappa shape index (κ3) is 5.77. The molecule has 1 saturated heterocycles. The van der Waals surface area contributed by atoms with Crippen molar-refractivity contribution in [2.24, 2.45) is 0 Å².